The number of fused-ring (bicyclic) bond motifs is 1. The maximum atomic E-state index is 13.0. The molecule has 2 fully saturated rings. The fraction of sp³-hybridized carbons (Fsp3) is 0.579. The average Bonchev–Trinajstić information content (AvgIpc) is 2.96. The molecule has 0 spiro atoms. The standard InChI is InChI=1S/C19H28N4O5S/c1-13(24)20-18-12-22(9-14-4-6-17(28-2)7-5-14)11-16-8-15(21-29(3,26)27)10-23(16)19(18)25/h4-7,15-16,18,21H,8-12H2,1-3H3,(H,20,24)/t15-,16-,18-/m0/s1. The highest BCUT2D eigenvalue weighted by atomic mass is 32.2. The first-order valence-electron chi connectivity index (χ1n) is 9.55. The lowest BCUT2D eigenvalue weighted by atomic mass is 10.1. The van der Waals surface area contributed by atoms with Crippen LogP contribution in [-0.4, -0.2) is 81.2 Å². The average molecular weight is 425 g/mol. The summed E-state index contributed by atoms with van der Waals surface area (Å²) >= 11 is 0. The molecule has 2 N–H and O–H groups in total. The Morgan fingerprint density at radius 3 is 2.48 bits per heavy atom. The summed E-state index contributed by atoms with van der Waals surface area (Å²) in [6, 6.07) is 6.62. The molecule has 2 heterocycles. The lowest BCUT2D eigenvalue weighted by Gasteiger charge is -2.25. The summed E-state index contributed by atoms with van der Waals surface area (Å²) in [6.07, 6.45) is 1.67. The number of rotatable bonds is 6. The molecule has 1 aromatic rings. The van der Waals surface area contributed by atoms with Crippen molar-refractivity contribution in [2.75, 3.05) is 33.0 Å². The smallest absolute Gasteiger partial charge is 0.246 e. The summed E-state index contributed by atoms with van der Waals surface area (Å²) in [5.74, 6) is 0.337. The number of ether oxygens (including phenoxy) is 1. The SMILES string of the molecule is COc1ccc(CN2C[C@@H]3C[C@H](NS(C)(=O)=O)CN3C(=O)[C@@H](NC(C)=O)C2)cc1. The van der Waals surface area contributed by atoms with Crippen molar-refractivity contribution in [2.45, 2.75) is 38.0 Å². The highest BCUT2D eigenvalue weighted by Crippen LogP contribution is 2.25. The molecule has 3 atom stereocenters. The summed E-state index contributed by atoms with van der Waals surface area (Å²) < 4.78 is 31.0. The molecule has 0 unspecified atom stereocenters. The maximum Gasteiger partial charge on any atom is 0.246 e. The van der Waals surface area contributed by atoms with E-state index in [9.17, 15) is 18.0 Å². The van der Waals surface area contributed by atoms with E-state index in [0.717, 1.165) is 17.6 Å². The molecule has 1 aromatic carbocycles. The fourth-order valence-corrected chi connectivity index (χ4v) is 4.90. The van der Waals surface area contributed by atoms with Gasteiger partial charge in [-0.15, -0.1) is 0 Å². The second kappa shape index (κ2) is 8.68. The van der Waals surface area contributed by atoms with Gasteiger partial charge in [-0.25, -0.2) is 13.1 Å². The zero-order chi connectivity index (χ0) is 21.2. The molecule has 0 aromatic heterocycles. The molecule has 9 nitrogen and oxygen atoms in total. The number of amides is 2. The molecule has 0 radical (unpaired) electrons. The molecule has 0 bridgehead atoms. The molecule has 2 aliphatic heterocycles. The first-order chi connectivity index (χ1) is 13.6. The van der Waals surface area contributed by atoms with E-state index in [1.807, 2.05) is 24.3 Å². The third-order valence-electron chi connectivity index (χ3n) is 5.23. The van der Waals surface area contributed by atoms with Crippen molar-refractivity contribution in [3.8, 4) is 5.75 Å². The molecule has 3 rings (SSSR count). The lowest BCUT2D eigenvalue weighted by Crippen LogP contribution is -2.51. The van der Waals surface area contributed by atoms with E-state index in [1.54, 1.807) is 12.0 Å². The van der Waals surface area contributed by atoms with Crippen LogP contribution in [0.2, 0.25) is 0 Å². The molecule has 2 amide bonds. The van der Waals surface area contributed by atoms with Crippen molar-refractivity contribution in [1.29, 1.82) is 0 Å². The Balaban J connectivity index is 1.78. The number of methoxy groups -OCH3 is 1. The number of hydrogen-bond donors (Lipinski definition) is 2. The van der Waals surface area contributed by atoms with E-state index in [-0.39, 0.29) is 23.9 Å². The van der Waals surface area contributed by atoms with Crippen LogP contribution in [0.3, 0.4) is 0 Å². The van der Waals surface area contributed by atoms with Crippen molar-refractivity contribution in [1.82, 2.24) is 19.8 Å². The second-order valence-electron chi connectivity index (χ2n) is 7.76. The Labute approximate surface area is 171 Å². The molecule has 2 aliphatic rings. The van der Waals surface area contributed by atoms with Crippen LogP contribution in [0.5, 0.6) is 5.75 Å². The van der Waals surface area contributed by atoms with Crippen LogP contribution in [0.4, 0.5) is 0 Å². The lowest BCUT2D eigenvalue weighted by molar-refractivity contribution is -0.135. The van der Waals surface area contributed by atoms with Crippen molar-refractivity contribution in [2.24, 2.45) is 0 Å². The van der Waals surface area contributed by atoms with Gasteiger partial charge in [0.1, 0.15) is 11.8 Å². The molecule has 0 saturated carbocycles. The minimum atomic E-state index is -3.36. The first-order valence-corrected chi connectivity index (χ1v) is 11.4. The van der Waals surface area contributed by atoms with E-state index < -0.39 is 16.1 Å². The number of carbonyl (C=O) groups is 2. The highest BCUT2D eigenvalue weighted by molar-refractivity contribution is 7.88. The summed E-state index contributed by atoms with van der Waals surface area (Å²) in [5.41, 5.74) is 1.07. The third kappa shape index (κ3) is 5.68. The van der Waals surface area contributed by atoms with Gasteiger partial charge < -0.3 is 15.0 Å². The number of sulfonamides is 1. The summed E-state index contributed by atoms with van der Waals surface area (Å²) in [6.45, 7) is 3.32. The van der Waals surface area contributed by atoms with Crippen LogP contribution in [0.25, 0.3) is 0 Å². The van der Waals surface area contributed by atoms with E-state index in [2.05, 4.69) is 14.9 Å². The number of carbonyl (C=O) groups excluding carboxylic acids is 2. The Kier molecular flexibility index (Phi) is 6.45. The fourth-order valence-electron chi connectivity index (χ4n) is 4.13. The van der Waals surface area contributed by atoms with E-state index in [4.69, 9.17) is 4.74 Å². The predicted octanol–water partition coefficient (Wildman–Crippen LogP) is -0.466. The molecular formula is C19H28N4O5S. The van der Waals surface area contributed by atoms with Crippen molar-refractivity contribution >= 4 is 21.8 Å². The van der Waals surface area contributed by atoms with Crippen LogP contribution >= 0.6 is 0 Å². The van der Waals surface area contributed by atoms with Gasteiger partial charge in [-0.1, -0.05) is 12.1 Å². The molecule has 160 valence electrons. The van der Waals surface area contributed by atoms with Gasteiger partial charge in [-0.2, -0.15) is 0 Å². The van der Waals surface area contributed by atoms with Gasteiger partial charge in [0.15, 0.2) is 0 Å². The largest absolute Gasteiger partial charge is 0.497 e. The molecule has 29 heavy (non-hydrogen) atoms. The summed E-state index contributed by atoms with van der Waals surface area (Å²) in [4.78, 5) is 28.5. The highest BCUT2D eigenvalue weighted by Gasteiger charge is 2.42. The van der Waals surface area contributed by atoms with E-state index in [1.165, 1.54) is 6.92 Å². The summed E-state index contributed by atoms with van der Waals surface area (Å²) in [5, 5.41) is 2.75. The minimum Gasteiger partial charge on any atom is -0.497 e. The van der Waals surface area contributed by atoms with Gasteiger partial charge in [0.2, 0.25) is 21.8 Å². The normalized spacial score (nSPS) is 25.4. The van der Waals surface area contributed by atoms with Gasteiger partial charge in [-0.05, 0) is 24.1 Å². The second-order valence-corrected chi connectivity index (χ2v) is 9.54. The van der Waals surface area contributed by atoms with Crippen molar-refractivity contribution in [3.05, 3.63) is 29.8 Å². The Hall–Kier alpha value is -2.17. The van der Waals surface area contributed by atoms with Crippen LogP contribution in [0.1, 0.15) is 18.9 Å². The van der Waals surface area contributed by atoms with E-state index in [0.29, 0.717) is 32.6 Å². The van der Waals surface area contributed by atoms with E-state index >= 15 is 0 Å². The number of hydrogen-bond acceptors (Lipinski definition) is 6. The van der Waals surface area contributed by atoms with Gasteiger partial charge in [-0.3, -0.25) is 14.5 Å². The Bertz CT molecular complexity index is 858. The number of benzene rings is 1. The maximum absolute atomic E-state index is 13.0. The van der Waals surface area contributed by atoms with Gasteiger partial charge in [0, 0.05) is 45.2 Å². The molecular weight excluding hydrogens is 396 g/mol. The molecule has 10 heteroatoms. The minimum absolute atomic E-state index is 0.112. The van der Waals surface area contributed by atoms with Gasteiger partial charge in [0.05, 0.1) is 13.4 Å². The van der Waals surface area contributed by atoms with Crippen LogP contribution < -0.4 is 14.8 Å². The summed E-state index contributed by atoms with van der Waals surface area (Å²) in [7, 11) is -1.75. The monoisotopic (exact) mass is 424 g/mol. The van der Waals surface area contributed by atoms with Crippen LogP contribution in [-0.2, 0) is 26.2 Å². The van der Waals surface area contributed by atoms with Crippen molar-refractivity contribution < 1.29 is 22.7 Å². The molecule has 2 saturated heterocycles. The number of nitrogens with zero attached hydrogens (tertiary/aromatic N) is 2. The Morgan fingerprint density at radius 2 is 1.90 bits per heavy atom. The van der Waals surface area contributed by atoms with Gasteiger partial charge in [0.25, 0.3) is 0 Å². The van der Waals surface area contributed by atoms with Gasteiger partial charge >= 0.3 is 0 Å². The van der Waals surface area contributed by atoms with Crippen LogP contribution in [0.15, 0.2) is 24.3 Å². The quantitative estimate of drug-likeness (QED) is 0.640. The molecule has 0 aliphatic carbocycles. The first kappa shape index (κ1) is 21.5. The third-order valence-corrected chi connectivity index (χ3v) is 5.99. The zero-order valence-corrected chi connectivity index (χ0v) is 17.7. The Morgan fingerprint density at radius 1 is 1.21 bits per heavy atom. The van der Waals surface area contributed by atoms with Crippen molar-refractivity contribution in [3.63, 3.8) is 0 Å². The van der Waals surface area contributed by atoms with Crippen LogP contribution in [0, 0.1) is 0 Å². The predicted molar refractivity (Wildman–Crippen MR) is 108 cm³/mol. The topological polar surface area (TPSA) is 108 Å². The zero-order valence-electron chi connectivity index (χ0n) is 16.9. The number of nitrogens with one attached hydrogen (secondary N) is 2.